The van der Waals surface area contributed by atoms with E-state index in [4.69, 9.17) is 10.00 Å². The average Bonchev–Trinajstić information content (AvgIpc) is 2.70. The molecule has 0 saturated carbocycles. The van der Waals surface area contributed by atoms with Gasteiger partial charge >= 0.3 is 0 Å². The Morgan fingerprint density at radius 1 is 1.27 bits per heavy atom. The number of pyridine rings is 1. The number of ether oxygens (including phenoxy) is 1. The maximum atomic E-state index is 12.9. The smallest absolute Gasteiger partial charge is 0.230 e. The topological polar surface area (TPSA) is 66.2 Å². The number of nitrogens with zero attached hydrogens (tertiary/aromatic N) is 3. The lowest BCUT2D eigenvalue weighted by atomic mass is 9.94. The van der Waals surface area contributed by atoms with Gasteiger partial charge in [0.15, 0.2) is 0 Å². The van der Waals surface area contributed by atoms with Crippen LogP contribution in [0.1, 0.15) is 43.2 Å². The van der Waals surface area contributed by atoms with Crippen LogP contribution in [0.2, 0.25) is 0 Å². The first-order chi connectivity index (χ1) is 12.7. The van der Waals surface area contributed by atoms with Crippen molar-refractivity contribution in [3.8, 4) is 11.9 Å². The highest BCUT2D eigenvalue weighted by Gasteiger charge is 2.29. The highest BCUT2D eigenvalue weighted by atomic mass is 16.5. The quantitative estimate of drug-likeness (QED) is 0.828. The van der Waals surface area contributed by atoms with Crippen LogP contribution in [0.15, 0.2) is 48.7 Å². The van der Waals surface area contributed by atoms with Crippen LogP contribution in [-0.4, -0.2) is 35.0 Å². The lowest BCUT2D eigenvalue weighted by molar-refractivity contribution is -0.134. The second kappa shape index (κ2) is 8.48. The van der Waals surface area contributed by atoms with Crippen molar-refractivity contribution in [3.63, 3.8) is 0 Å². The molecular formula is C21H23N3O2. The van der Waals surface area contributed by atoms with E-state index in [1.54, 1.807) is 12.1 Å². The van der Waals surface area contributed by atoms with Gasteiger partial charge < -0.3 is 9.64 Å². The van der Waals surface area contributed by atoms with Crippen molar-refractivity contribution in [3.05, 3.63) is 59.8 Å². The summed E-state index contributed by atoms with van der Waals surface area (Å²) in [5.74, 6) is 0.659. The summed E-state index contributed by atoms with van der Waals surface area (Å²) >= 11 is 0. The molecule has 0 aliphatic carbocycles. The molecule has 2 heterocycles. The fraction of sp³-hybridized carbons (Fsp3) is 0.381. The molecule has 0 spiro atoms. The third kappa shape index (κ3) is 4.20. The van der Waals surface area contributed by atoms with Gasteiger partial charge in [-0.2, -0.15) is 5.26 Å². The molecule has 1 aliphatic heterocycles. The molecule has 1 fully saturated rings. The molecule has 1 aromatic heterocycles. The van der Waals surface area contributed by atoms with Crippen LogP contribution in [0, 0.1) is 11.3 Å². The van der Waals surface area contributed by atoms with Crippen LogP contribution < -0.4 is 4.74 Å². The molecule has 134 valence electrons. The molecule has 1 atom stereocenters. The van der Waals surface area contributed by atoms with E-state index in [9.17, 15) is 4.79 Å². The predicted octanol–water partition coefficient (Wildman–Crippen LogP) is 3.52. The highest BCUT2D eigenvalue weighted by molar-refractivity contribution is 5.83. The standard InChI is InChI=1S/C21H23N3O2/c1-2-19(17-6-4-3-5-7-17)21(25)24-12-10-18(11-13-24)26-20-9-8-16(14-22)15-23-20/h3-9,15,18-19H,2,10-13H2,1H3/t19-/m1/s1. The number of carbonyl (C=O) groups excluding carboxylic acids is 1. The molecule has 1 saturated heterocycles. The van der Waals surface area contributed by atoms with E-state index in [1.807, 2.05) is 41.3 Å². The van der Waals surface area contributed by atoms with Crippen molar-refractivity contribution in [2.45, 2.75) is 38.2 Å². The van der Waals surface area contributed by atoms with E-state index in [2.05, 4.69) is 11.9 Å². The van der Waals surface area contributed by atoms with Crippen molar-refractivity contribution >= 4 is 5.91 Å². The molecule has 1 aromatic carbocycles. The van der Waals surface area contributed by atoms with Crippen molar-refractivity contribution in [1.82, 2.24) is 9.88 Å². The molecule has 5 nitrogen and oxygen atoms in total. The van der Waals surface area contributed by atoms with Gasteiger partial charge in [0, 0.05) is 38.2 Å². The number of piperidine rings is 1. The number of amides is 1. The summed E-state index contributed by atoms with van der Waals surface area (Å²) in [7, 11) is 0. The molecule has 1 amide bonds. The Morgan fingerprint density at radius 2 is 2.00 bits per heavy atom. The van der Waals surface area contributed by atoms with Gasteiger partial charge in [-0.3, -0.25) is 4.79 Å². The first-order valence-corrected chi connectivity index (χ1v) is 9.07. The van der Waals surface area contributed by atoms with Gasteiger partial charge in [-0.05, 0) is 18.1 Å². The zero-order valence-electron chi connectivity index (χ0n) is 15.0. The molecule has 5 heteroatoms. The van der Waals surface area contributed by atoms with Gasteiger partial charge in [0.1, 0.15) is 12.2 Å². The molecule has 0 radical (unpaired) electrons. The molecule has 26 heavy (non-hydrogen) atoms. The summed E-state index contributed by atoms with van der Waals surface area (Å²) in [5.41, 5.74) is 1.60. The molecular weight excluding hydrogens is 326 g/mol. The fourth-order valence-electron chi connectivity index (χ4n) is 3.34. The zero-order chi connectivity index (χ0) is 18.4. The van der Waals surface area contributed by atoms with Gasteiger partial charge in [-0.15, -0.1) is 0 Å². The number of hydrogen-bond acceptors (Lipinski definition) is 4. The van der Waals surface area contributed by atoms with Gasteiger partial charge in [0.2, 0.25) is 11.8 Å². The second-order valence-electron chi connectivity index (χ2n) is 6.51. The Kier molecular flexibility index (Phi) is 5.85. The zero-order valence-corrected chi connectivity index (χ0v) is 15.0. The van der Waals surface area contributed by atoms with Crippen LogP contribution in [0.4, 0.5) is 0 Å². The van der Waals surface area contributed by atoms with E-state index in [1.165, 1.54) is 6.20 Å². The highest BCUT2D eigenvalue weighted by Crippen LogP contribution is 2.25. The summed E-state index contributed by atoms with van der Waals surface area (Å²) in [5, 5.41) is 8.81. The largest absolute Gasteiger partial charge is 0.474 e. The number of carbonyl (C=O) groups is 1. The second-order valence-corrected chi connectivity index (χ2v) is 6.51. The molecule has 0 bridgehead atoms. The first kappa shape index (κ1) is 17.9. The third-order valence-corrected chi connectivity index (χ3v) is 4.81. The van der Waals surface area contributed by atoms with Crippen molar-refractivity contribution in [2.75, 3.05) is 13.1 Å². The lowest BCUT2D eigenvalue weighted by Gasteiger charge is -2.34. The first-order valence-electron chi connectivity index (χ1n) is 9.07. The monoisotopic (exact) mass is 349 g/mol. The minimum Gasteiger partial charge on any atom is -0.474 e. The SMILES string of the molecule is CC[C@@H](C(=O)N1CCC(Oc2ccc(C#N)cn2)CC1)c1ccccc1. The number of hydrogen-bond donors (Lipinski definition) is 0. The maximum Gasteiger partial charge on any atom is 0.230 e. The Morgan fingerprint density at radius 3 is 2.58 bits per heavy atom. The summed E-state index contributed by atoms with van der Waals surface area (Å²) in [6.45, 7) is 3.45. The van der Waals surface area contributed by atoms with E-state index in [-0.39, 0.29) is 17.9 Å². The van der Waals surface area contributed by atoms with Crippen LogP contribution in [0.3, 0.4) is 0 Å². The van der Waals surface area contributed by atoms with Crippen molar-refractivity contribution in [2.24, 2.45) is 0 Å². The predicted molar refractivity (Wildman–Crippen MR) is 98.7 cm³/mol. The van der Waals surface area contributed by atoms with Crippen LogP contribution >= 0.6 is 0 Å². The molecule has 0 N–H and O–H groups in total. The summed E-state index contributed by atoms with van der Waals surface area (Å²) in [6.07, 6.45) is 3.95. The molecule has 3 rings (SSSR count). The van der Waals surface area contributed by atoms with Gasteiger partial charge in [-0.1, -0.05) is 37.3 Å². The summed E-state index contributed by atoms with van der Waals surface area (Å²) in [4.78, 5) is 19.0. The van der Waals surface area contributed by atoms with E-state index in [0.29, 0.717) is 24.5 Å². The molecule has 0 unspecified atom stereocenters. The van der Waals surface area contributed by atoms with Gasteiger partial charge in [-0.25, -0.2) is 4.98 Å². The average molecular weight is 349 g/mol. The van der Waals surface area contributed by atoms with Crippen LogP contribution in [0.5, 0.6) is 5.88 Å². The van der Waals surface area contributed by atoms with Crippen molar-refractivity contribution < 1.29 is 9.53 Å². The third-order valence-electron chi connectivity index (χ3n) is 4.81. The van der Waals surface area contributed by atoms with Crippen LogP contribution in [-0.2, 0) is 4.79 Å². The number of aromatic nitrogens is 1. The number of benzene rings is 1. The summed E-state index contributed by atoms with van der Waals surface area (Å²) < 4.78 is 5.90. The molecule has 2 aromatic rings. The number of rotatable bonds is 5. The van der Waals surface area contributed by atoms with Crippen molar-refractivity contribution in [1.29, 1.82) is 5.26 Å². The molecule has 1 aliphatic rings. The summed E-state index contributed by atoms with van der Waals surface area (Å²) in [6, 6.07) is 15.5. The van der Waals surface area contributed by atoms with E-state index < -0.39 is 0 Å². The Labute approximate surface area is 154 Å². The lowest BCUT2D eigenvalue weighted by Crippen LogP contribution is -2.43. The van der Waals surface area contributed by atoms with Crippen LogP contribution in [0.25, 0.3) is 0 Å². The number of nitriles is 1. The normalized spacial score (nSPS) is 15.9. The minimum absolute atomic E-state index is 0.0521. The number of likely N-dealkylation sites (tertiary alicyclic amines) is 1. The van der Waals surface area contributed by atoms with Gasteiger partial charge in [0.05, 0.1) is 11.5 Å². The van der Waals surface area contributed by atoms with Gasteiger partial charge in [0.25, 0.3) is 0 Å². The van der Waals surface area contributed by atoms with E-state index >= 15 is 0 Å². The fourth-order valence-corrected chi connectivity index (χ4v) is 3.34. The Hall–Kier alpha value is -2.87. The maximum absolute atomic E-state index is 12.9. The Bertz CT molecular complexity index is 760. The van der Waals surface area contributed by atoms with E-state index in [0.717, 1.165) is 24.8 Å². The Balaban J connectivity index is 1.55. The minimum atomic E-state index is -0.0751.